The molecule has 0 aromatic heterocycles. The molecular weight excluding hydrogens is 246 g/mol. The van der Waals surface area contributed by atoms with E-state index in [1.165, 1.54) is 4.31 Å². The molecule has 0 bridgehead atoms. The van der Waals surface area contributed by atoms with Crippen LogP contribution in [0.2, 0.25) is 0 Å². The van der Waals surface area contributed by atoms with Gasteiger partial charge in [0.1, 0.15) is 0 Å². The minimum atomic E-state index is -2.34. The fourth-order valence-electron chi connectivity index (χ4n) is 1.68. The molecule has 4 heteroatoms. The average Bonchev–Trinajstić information content (AvgIpc) is 2.34. The van der Waals surface area contributed by atoms with Crippen LogP contribution in [0.1, 0.15) is 11.1 Å². The van der Waals surface area contributed by atoms with Crippen molar-refractivity contribution in [3.05, 3.63) is 59.7 Å². The molecule has 0 heterocycles. The highest BCUT2D eigenvalue weighted by atomic mass is 32.2. The second-order valence-corrected chi connectivity index (χ2v) is 4.98. The number of aryl methyl sites for hydroxylation is 2. The van der Waals surface area contributed by atoms with Crippen LogP contribution in [-0.4, -0.2) is 8.76 Å². The average molecular weight is 260 g/mol. The summed E-state index contributed by atoms with van der Waals surface area (Å²) in [4.78, 5) is 0. The molecular formula is C14H14NO2S-. The second kappa shape index (κ2) is 5.33. The lowest BCUT2D eigenvalue weighted by Crippen LogP contribution is -2.19. The van der Waals surface area contributed by atoms with Crippen LogP contribution in [0.25, 0.3) is 0 Å². The summed E-state index contributed by atoms with van der Waals surface area (Å²) in [7, 11) is 0. The van der Waals surface area contributed by atoms with E-state index in [0.29, 0.717) is 11.4 Å². The quantitative estimate of drug-likeness (QED) is 0.795. The van der Waals surface area contributed by atoms with Gasteiger partial charge in [0.05, 0.1) is 22.6 Å². The standard InChI is InChI=1S/C14H15NO2S/c1-11-3-7-13(8-4-11)15(18(16)17)14-9-5-12(2)6-10-14/h3-10H,1-2H3,(H,16,17)/p-1. The van der Waals surface area contributed by atoms with E-state index >= 15 is 0 Å². The van der Waals surface area contributed by atoms with Crippen molar-refractivity contribution in [1.82, 2.24) is 0 Å². The van der Waals surface area contributed by atoms with E-state index in [1.54, 1.807) is 24.3 Å². The molecule has 0 saturated carbocycles. The third kappa shape index (κ3) is 2.78. The van der Waals surface area contributed by atoms with Crippen molar-refractivity contribution in [1.29, 1.82) is 0 Å². The van der Waals surface area contributed by atoms with Gasteiger partial charge in [-0.05, 0) is 38.1 Å². The predicted molar refractivity (Wildman–Crippen MR) is 73.4 cm³/mol. The molecule has 0 radical (unpaired) electrons. The lowest BCUT2D eigenvalue weighted by molar-refractivity contribution is 0.537. The maximum Gasteiger partial charge on any atom is 0.0538 e. The van der Waals surface area contributed by atoms with Crippen molar-refractivity contribution >= 4 is 22.6 Å². The predicted octanol–water partition coefficient (Wildman–Crippen LogP) is 3.24. The number of nitrogens with zero attached hydrogens (tertiary/aromatic N) is 1. The monoisotopic (exact) mass is 260 g/mol. The van der Waals surface area contributed by atoms with Crippen LogP contribution in [0, 0.1) is 13.8 Å². The molecule has 3 nitrogen and oxygen atoms in total. The van der Waals surface area contributed by atoms with Gasteiger partial charge in [0.2, 0.25) is 0 Å². The van der Waals surface area contributed by atoms with Gasteiger partial charge in [-0.25, -0.2) is 0 Å². The van der Waals surface area contributed by atoms with E-state index in [-0.39, 0.29) is 0 Å². The molecule has 0 spiro atoms. The molecule has 2 aromatic rings. The molecule has 0 N–H and O–H groups in total. The van der Waals surface area contributed by atoms with E-state index in [4.69, 9.17) is 0 Å². The third-order valence-electron chi connectivity index (χ3n) is 2.69. The molecule has 0 fully saturated rings. The zero-order valence-electron chi connectivity index (χ0n) is 10.3. The molecule has 0 aliphatic rings. The zero-order chi connectivity index (χ0) is 13.1. The van der Waals surface area contributed by atoms with Crippen LogP contribution in [0.5, 0.6) is 0 Å². The Morgan fingerprint density at radius 2 is 1.17 bits per heavy atom. The Hall–Kier alpha value is -1.65. The summed E-state index contributed by atoms with van der Waals surface area (Å²) in [6, 6.07) is 14.8. The summed E-state index contributed by atoms with van der Waals surface area (Å²) in [5.41, 5.74) is 3.47. The number of benzene rings is 2. The van der Waals surface area contributed by atoms with E-state index in [0.717, 1.165) is 11.1 Å². The van der Waals surface area contributed by atoms with Crippen LogP contribution in [0.4, 0.5) is 11.4 Å². The number of anilines is 2. The molecule has 94 valence electrons. The highest BCUT2D eigenvalue weighted by Gasteiger charge is 2.09. The van der Waals surface area contributed by atoms with Gasteiger partial charge in [-0.3, -0.25) is 8.51 Å². The van der Waals surface area contributed by atoms with Crippen molar-refractivity contribution in [3.8, 4) is 0 Å². The molecule has 2 rings (SSSR count). The highest BCUT2D eigenvalue weighted by Crippen LogP contribution is 2.27. The van der Waals surface area contributed by atoms with Crippen molar-refractivity contribution in [2.75, 3.05) is 4.31 Å². The Morgan fingerprint density at radius 3 is 1.44 bits per heavy atom. The van der Waals surface area contributed by atoms with E-state index in [2.05, 4.69) is 0 Å². The maximum absolute atomic E-state index is 11.4. The molecule has 0 aliphatic heterocycles. The maximum atomic E-state index is 11.4. The first kappa shape index (κ1) is 12.8. The van der Waals surface area contributed by atoms with Gasteiger partial charge in [0, 0.05) is 0 Å². The van der Waals surface area contributed by atoms with Gasteiger partial charge in [0.25, 0.3) is 0 Å². The Kier molecular flexibility index (Phi) is 3.79. The summed E-state index contributed by atoms with van der Waals surface area (Å²) < 4.78 is 24.1. The van der Waals surface area contributed by atoms with Crippen molar-refractivity contribution in [2.24, 2.45) is 0 Å². The normalized spacial score (nSPS) is 12.2. The van der Waals surface area contributed by atoms with Crippen molar-refractivity contribution in [2.45, 2.75) is 13.8 Å². The molecule has 0 aliphatic carbocycles. The third-order valence-corrected chi connectivity index (χ3v) is 3.41. The van der Waals surface area contributed by atoms with Crippen molar-refractivity contribution in [3.63, 3.8) is 0 Å². The van der Waals surface area contributed by atoms with Crippen LogP contribution in [0.15, 0.2) is 48.5 Å². The summed E-state index contributed by atoms with van der Waals surface area (Å²) in [5, 5.41) is 0. The molecule has 0 amide bonds. The first-order chi connectivity index (χ1) is 8.58. The van der Waals surface area contributed by atoms with Gasteiger partial charge in [-0.2, -0.15) is 0 Å². The molecule has 0 saturated heterocycles. The van der Waals surface area contributed by atoms with Crippen molar-refractivity contribution < 1.29 is 8.76 Å². The molecule has 1 unspecified atom stereocenters. The SMILES string of the molecule is Cc1ccc(N(c2ccc(C)cc2)S(=O)[O-])cc1. The second-order valence-electron chi connectivity index (χ2n) is 4.18. The highest BCUT2D eigenvalue weighted by molar-refractivity contribution is 7.81. The minimum absolute atomic E-state index is 0.637. The summed E-state index contributed by atoms with van der Waals surface area (Å²) in [6.07, 6.45) is 0. The van der Waals surface area contributed by atoms with Crippen LogP contribution in [-0.2, 0) is 11.3 Å². The molecule has 18 heavy (non-hydrogen) atoms. The topological polar surface area (TPSA) is 43.4 Å². The molecule has 2 aromatic carbocycles. The first-order valence-corrected chi connectivity index (χ1v) is 6.64. The summed E-state index contributed by atoms with van der Waals surface area (Å²) >= 11 is -2.34. The number of hydrogen-bond donors (Lipinski definition) is 0. The van der Waals surface area contributed by atoms with Crippen LogP contribution in [0.3, 0.4) is 0 Å². The Bertz CT molecular complexity index is 504. The fourth-order valence-corrected chi connectivity index (χ4v) is 2.27. The van der Waals surface area contributed by atoms with Gasteiger partial charge < -0.3 is 4.55 Å². The van der Waals surface area contributed by atoms with E-state index in [9.17, 15) is 8.76 Å². The lowest BCUT2D eigenvalue weighted by atomic mass is 10.2. The first-order valence-electron chi connectivity index (χ1n) is 5.61. The largest absolute Gasteiger partial charge is 0.755 e. The Balaban J connectivity index is 2.43. The van der Waals surface area contributed by atoms with E-state index in [1.807, 2.05) is 38.1 Å². The minimum Gasteiger partial charge on any atom is -0.755 e. The van der Waals surface area contributed by atoms with Gasteiger partial charge >= 0.3 is 0 Å². The summed E-state index contributed by atoms with van der Waals surface area (Å²) in [5.74, 6) is 0. The fraction of sp³-hybridized carbons (Fsp3) is 0.143. The summed E-state index contributed by atoms with van der Waals surface area (Å²) in [6.45, 7) is 3.93. The number of rotatable bonds is 3. The van der Waals surface area contributed by atoms with Gasteiger partial charge in [-0.1, -0.05) is 35.4 Å². The van der Waals surface area contributed by atoms with E-state index < -0.39 is 11.3 Å². The van der Waals surface area contributed by atoms with Gasteiger partial charge in [0.15, 0.2) is 0 Å². The zero-order valence-corrected chi connectivity index (χ0v) is 11.1. The smallest absolute Gasteiger partial charge is 0.0538 e. The lowest BCUT2D eigenvalue weighted by Gasteiger charge is -2.26. The number of hydrogen-bond acceptors (Lipinski definition) is 2. The van der Waals surface area contributed by atoms with Gasteiger partial charge in [-0.15, -0.1) is 0 Å². The molecule has 1 atom stereocenters. The Morgan fingerprint density at radius 1 is 0.833 bits per heavy atom. The van der Waals surface area contributed by atoms with Crippen LogP contribution >= 0.6 is 0 Å². The van der Waals surface area contributed by atoms with Crippen LogP contribution < -0.4 is 4.31 Å². The Labute approximate surface area is 109 Å².